The van der Waals surface area contributed by atoms with E-state index in [1.807, 2.05) is 39.0 Å². The topological polar surface area (TPSA) is 67.8 Å². The Morgan fingerprint density at radius 1 is 1.23 bits per heavy atom. The number of carboxylic acids is 1. The van der Waals surface area contributed by atoms with Gasteiger partial charge in [0, 0.05) is 6.54 Å². The zero-order chi connectivity index (χ0) is 16.5. The Kier molecular flexibility index (Phi) is 7.74. The molecular weight excluding hydrogens is 282 g/mol. The molecule has 124 valence electrons. The Balaban J connectivity index is 2.78. The van der Waals surface area contributed by atoms with Gasteiger partial charge in [-0.1, -0.05) is 26.8 Å². The van der Waals surface area contributed by atoms with Crippen LogP contribution in [0.1, 0.15) is 39.7 Å². The number of nitrogens with one attached hydrogen (secondary N) is 1. The van der Waals surface area contributed by atoms with Gasteiger partial charge in [-0.15, -0.1) is 0 Å². The summed E-state index contributed by atoms with van der Waals surface area (Å²) in [6.45, 7) is 9.43. The van der Waals surface area contributed by atoms with Crippen molar-refractivity contribution in [2.45, 2.75) is 46.7 Å². The molecule has 5 nitrogen and oxygen atoms in total. The van der Waals surface area contributed by atoms with Gasteiger partial charge < -0.3 is 19.9 Å². The number of rotatable bonds is 10. The largest absolute Gasteiger partial charge is 0.490 e. The van der Waals surface area contributed by atoms with Crippen LogP contribution in [-0.4, -0.2) is 30.3 Å². The molecule has 22 heavy (non-hydrogen) atoms. The van der Waals surface area contributed by atoms with E-state index in [1.54, 1.807) is 0 Å². The fraction of sp³-hybridized carbons (Fsp3) is 0.588. The highest BCUT2D eigenvalue weighted by Gasteiger charge is 2.20. The molecule has 0 bridgehead atoms. The zero-order valence-corrected chi connectivity index (χ0v) is 13.9. The fourth-order valence-corrected chi connectivity index (χ4v) is 2.10. The molecule has 0 aromatic heterocycles. The Bertz CT molecular complexity index is 474. The van der Waals surface area contributed by atoms with Gasteiger partial charge in [0.05, 0.1) is 13.2 Å². The molecule has 0 aliphatic heterocycles. The van der Waals surface area contributed by atoms with Gasteiger partial charge in [0.1, 0.15) is 6.04 Å². The number of hydrogen-bond donors (Lipinski definition) is 2. The molecule has 1 atom stereocenters. The maximum absolute atomic E-state index is 11.2. The Morgan fingerprint density at radius 3 is 2.50 bits per heavy atom. The second-order valence-corrected chi connectivity index (χ2v) is 5.50. The summed E-state index contributed by atoms with van der Waals surface area (Å²) in [4.78, 5) is 11.2. The smallest absolute Gasteiger partial charge is 0.320 e. The minimum Gasteiger partial charge on any atom is -0.490 e. The first kappa shape index (κ1) is 18.3. The number of hydrogen-bond acceptors (Lipinski definition) is 4. The quantitative estimate of drug-likeness (QED) is 0.695. The normalized spacial score (nSPS) is 12.2. The van der Waals surface area contributed by atoms with E-state index in [4.69, 9.17) is 9.47 Å². The average molecular weight is 309 g/mol. The summed E-state index contributed by atoms with van der Waals surface area (Å²) in [5, 5.41) is 12.3. The van der Waals surface area contributed by atoms with Gasteiger partial charge in [-0.2, -0.15) is 0 Å². The van der Waals surface area contributed by atoms with E-state index in [0.717, 1.165) is 17.7 Å². The first-order valence-corrected chi connectivity index (χ1v) is 7.84. The lowest BCUT2D eigenvalue weighted by Crippen LogP contribution is -2.40. The van der Waals surface area contributed by atoms with E-state index in [0.29, 0.717) is 25.5 Å². The minimum absolute atomic E-state index is 0.0241. The number of aliphatic carboxylic acids is 1. The van der Waals surface area contributed by atoms with Crippen LogP contribution in [0.2, 0.25) is 0 Å². The van der Waals surface area contributed by atoms with Crippen molar-refractivity contribution in [3.63, 3.8) is 0 Å². The lowest BCUT2D eigenvalue weighted by molar-refractivity contribution is -0.140. The van der Waals surface area contributed by atoms with Gasteiger partial charge in [-0.3, -0.25) is 4.79 Å². The third-order valence-corrected chi connectivity index (χ3v) is 3.23. The molecule has 5 heteroatoms. The Labute approximate surface area is 132 Å². The molecule has 0 heterocycles. The lowest BCUT2D eigenvalue weighted by Gasteiger charge is -2.18. The van der Waals surface area contributed by atoms with Crippen molar-refractivity contribution in [1.82, 2.24) is 5.32 Å². The number of carboxylic acid groups (broad SMARTS) is 1. The highest BCUT2D eigenvalue weighted by Crippen LogP contribution is 2.28. The van der Waals surface area contributed by atoms with Gasteiger partial charge in [-0.25, -0.2) is 0 Å². The van der Waals surface area contributed by atoms with Crippen LogP contribution >= 0.6 is 0 Å². The van der Waals surface area contributed by atoms with E-state index in [9.17, 15) is 9.90 Å². The summed E-state index contributed by atoms with van der Waals surface area (Å²) in [6, 6.07) is 5.15. The Morgan fingerprint density at radius 2 is 1.95 bits per heavy atom. The van der Waals surface area contributed by atoms with Crippen LogP contribution in [0.5, 0.6) is 11.5 Å². The van der Waals surface area contributed by atoms with E-state index < -0.39 is 12.0 Å². The molecule has 0 radical (unpaired) electrons. The number of ether oxygens (including phenoxy) is 2. The summed E-state index contributed by atoms with van der Waals surface area (Å²) in [5.74, 6) is 0.622. The van der Waals surface area contributed by atoms with Gasteiger partial charge in [0.15, 0.2) is 11.5 Å². The molecule has 0 aliphatic carbocycles. The molecular formula is C17H27NO4. The maximum atomic E-state index is 11.2. The second kappa shape index (κ2) is 9.30. The van der Waals surface area contributed by atoms with Crippen LogP contribution in [0.25, 0.3) is 0 Å². The van der Waals surface area contributed by atoms with Crippen molar-refractivity contribution in [2.24, 2.45) is 5.92 Å². The van der Waals surface area contributed by atoms with Crippen LogP contribution in [0.4, 0.5) is 0 Å². The average Bonchev–Trinajstić information content (AvgIpc) is 2.46. The van der Waals surface area contributed by atoms with Crippen molar-refractivity contribution in [3.05, 3.63) is 23.8 Å². The molecule has 1 aromatic carbocycles. The summed E-state index contributed by atoms with van der Waals surface area (Å²) in [6.07, 6.45) is 0.934. The summed E-state index contributed by atoms with van der Waals surface area (Å²) < 4.78 is 11.3. The molecule has 0 unspecified atom stereocenters. The van der Waals surface area contributed by atoms with Crippen LogP contribution in [-0.2, 0) is 11.3 Å². The van der Waals surface area contributed by atoms with E-state index in [2.05, 4.69) is 12.2 Å². The molecule has 1 rings (SSSR count). The van der Waals surface area contributed by atoms with Gasteiger partial charge >= 0.3 is 5.97 Å². The maximum Gasteiger partial charge on any atom is 0.320 e. The highest BCUT2D eigenvalue weighted by atomic mass is 16.5. The summed E-state index contributed by atoms with van der Waals surface area (Å²) >= 11 is 0. The molecule has 1 aromatic rings. The lowest BCUT2D eigenvalue weighted by atomic mass is 10.0. The number of carbonyl (C=O) groups is 1. The first-order valence-electron chi connectivity index (χ1n) is 7.84. The summed E-state index contributed by atoms with van der Waals surface area (Å²) in [7, 11) is 0. The van der Waals surface area contributed by atoms with Crippen LogP contribution in [0.15, 0.2) is 18.2 Å². The third-order valence-electron chi connectivity index (χ3n) is 3.23. The van der Waals surface area contributed by atoms with Gasteiger partial charge in [-0.05, 0) is 37.0 Å². The van der Waals surface area contributed by atoms with E-state index >= 15 is 0 Å². The van der Waals surface area contributed by atoms with E-state index in [1.165, 1.54) is 0 Å². The standard InChI is InChI=1S/C17H27NO4/c1-5-9-22-14-8-7-13(10-15(14)21-6-2)11-18-16(12(3)4)17(19)20/h7-8,10,12,16,18H,5-6,9,11H2,1-4H3,(H,19,20)/t16-/m0/s1. The van der Waals surface area contributed by atoms with Crippen molar-refractivity contribution in [1.29, 1.82) is 0 Å². The van der Waals surface area contributed by atoms with Crippen molar-refractivity contribution in [3.8, 4) is 11.5 Å². The molecule has 0 saturated heterocycles. The van der Waals surface area contributed by atoms with Crippen molar-refractivity contribution >= 4 is 5.97 Å². The highest BCUT2D eigenvalue weighted by molar-refractivity contribution is 5.73. The molecule has 0 aliphatic rings. The van der Waals surface area contributed by atoms with Gasteiger partial charge in [0.25, 0.3) is 0 Å². The predicted octanol–water partition coefficient (Wildman–Crippen LogP) is 3.07. The van der Waals surface area contributed by atoms with Crippen LogP contribution < -0.4 is 14.8 Å². The minimum atomic E-state index is -0.831. The fourth-order valence-electron chi connectivity index (χ4n) is 2.10. The van der Waals surface area contributed by atoms with Crippen LogP contribution in [0.3, 0.4) is 0 Å². The SMILES string of the molecule is CCCOc1ccc(CN[C@H](C(=O)O)C(C)C)cc1OCC. The monoisotopic (exact) mass is 309 g/mol. The first-order chi connectivity index (χ1) is 10.5. The van der Waals surface area contributed by atoms with Crippen molar-refractivity contribution < 1.29 is 19.4 Å². The second-order valence-electron chi connectivity index (χ2n) is 5.50. The van der Waals surface area contributed by atoms with Crippen LogP contribution in [0, 0.1) is 5.92 Å². The third kappa shape index (κ3) is 5.56. The molecule has 0 spiro atoms. The zero-order valence-electron chi connectivity index (χ0n) is 13.9. The molecule has 0 saturated carbocycles. The van der Waals surface area contributed by atoms with Crippen molar-refractivity contribution in [2.75, 3.05) is 13.2 Å². The Hall–Kier alpha value is -1.75. The van der Waals surface area contributed by atoms with Gasteiger partial charge in [0.2, 0.25) is 0 Å². The molecule has 2 N–H and O–H groups in total. The summed E-state index contributed by atoms with van der Waals surface area (Å²) in [5.41, 5.74) is 0.971. The number of benzene rings is 1. The molecule has 0 fully saturated rings. The predicted molar refractivity (Wildman–Crippen MR) is 86.5 cm³/mol. The molecule has 0 amide bonds. The van der Waals surface area contributed by atoms with E-state index in [-0.39, 0.29) is 5.92 Å².